The second-order valence-corrected chi connectivity index (χ2v) is 10.1. The number of halogens is 3. The van der Waals surface area contributed by atoms with E-state index < -0.39 is 27.1 Å². The molecule has 0 atom stereocenters. The molecule has 0 aromatic heterocycles. The van der Waals surface area contributed by atoms with Crippen molar-refractivity contribution >= 4 is 9.84 Å². The Morgan fingerprint density at radius 1 is 1.06 bits per heavy atom. The van der Waals surface area contributed by atoms with E-state index >= 15 is 4.39 Å². The minimum Gasteiger partial charge on any atom is -0.493 e. The van der Waals surface area contributed by atoms with Gasteiger partial charge in [-0.3, -0.25) is 4.90 Å². The van der Waals surface area contributed by atoms with Crippen LogP contribution in [0.2, 0.25) is 0 Å². The van der Waals surface area contributed by atoms with Crippen LogP contribution >= 0.6 is 0 Å². The van der Waals surface area contributed by atoms with Crippen LogP contribution in [-0.4, -0.2) is 46.3 Å². The van der Waals surface area contributed by atoms with Gasteiger partial charge in [0.05, 0.1) is 24.0 Å². The highest BCUT2D eigenvalue weighted by atomic mass is 32.2. The van der Waals surface area contributed by atoms with Gasteiger partial charge in [-0.2, -0.15) is 0 Å². The molecule has 0 spiro atoms. The molecule has 4 rings (SSSR count). The van der Waals surface area contributed by atoms with E-state index in [1.165, 1.54) is 38.5 Å². The summed E-state index contributed by atoms with van der Waals surface area (Å²) in [6.45, 7) is 0.888. The number of benzene rings is 2. The minimum atomic E-state index is -3.83. The first kappa shape index (κ1) is 22.7. The lowest BCUT2D eigenvalue weighted by Gasteiger charge is -2.35. The second-order valence-electron chi connectivity index (χ2n) is 8.15. The zero-order valence-electron chi connectivity index (χ0n) is 17.8. The number of nitrogens with zero attached hydrogens (tertiary/aromatic N) is 1. The molecule has 2 aromatic carbocycles. The molecule has 0 saturated carbocycles. The zero-order valence-corrected chi connectivity index (χ0v) is 18.6. The lowest BCUT2D eigenvalue weighted by Crippen LogP contribution is -2.40. The average Bonchev–Trinajstić information content (AvgIpc) is 2.99. The number of alkyl halides is 1. The van der Waals surface area contributed by atoms with E-state index in [4.69, 9.17) is 9.47 Å². The Morgan fingerprint density at radius 3 is 2.34 bits per heavy atom. The molecule has 0 radical (unpaired) electrons. The number of likely N-dealkylation sites (tertiary alicyclic amines) is 1. The Bertz CT molecular complexity index is 1170. The van der Waals surface area contributed by atoms with Crippen LogP contribution in [0.1, 0.15) is 24.0 Å². The van der Waals surface area contributed by atoms with Crippen molar-refractivity contribution in [3.05, 3.63) is 64.1 Å². The van der Waals surface area contributed by atoms with Gasteiger partial charge in [0.2, 0.25) is 9.84 Å². The Morgan fingerprint density at radius 2 is 1.72 bits per heavy atom. The van der Waals surface area contributed by atoms with E-state index in [-0.39, 0.29) is 35.6 Å². The monoisotopic (exact) mass is 467 g/mol. The Balaban J connectivity index is 1.50. The third kappa shape index (κ3) is 4.23. The van der Waals surface area contributed by atoms with Gasteiger partial charge in [0.1, 0.15) is 17.3 Å². The highest BCUT2D eigenvalue weighted by Gasteiger charge is 2.39. The molecule has 0 amide bonds. The lowest BCUT2D eigenvalue weighted by atomic mass is 9.92. The summed E-state index contributed by atoms with van der Waals surface area (Å²) in [5.41, 5.74) is -0.897. The summed E-state index contributed by atoms with van der Waals surface area (Å²) < 4.78 is 79.1. The fraction of sp³-hybridized carbons (Fsp3) is 0.391. The largest absolute Gasteiger partial charge is 0.493 e. The molecular weight excluding hydrogens is 443 g/mol. The molecule has 2 aromatic rings. The summed E-state index contributed by atoms with van der Waals surface area (Å²) in [4.78, 5) is 2.01. The van der Waals surface area contributed by atoms with E-state index in [1.54, 1.807) is 6.07 Å². The van der Waals surface area contributed by atoms with E-state index in [9.17, 15) is 17.2 Å². The molecule has 0 aliphatic carbocycles. The molecule has 1 saturated heterocycles. The highest BCUT2D eigenvalue weighted by Crippen LogP contribution is 2.43. The Labute approximate surface area is 185 Å². The number of sulfone groups is 1. The topological polar surface area (TPSA) is 55.8 Å². The fourth-order valence-corrected chi connectivity index (χ4v) is 5.98. The third-order valence-corrected chi connectivity index (χ3v) is 7.99. The molecule has 0 unspecified atom stereocenters. The maximum atomic E-state index is 15.6. The number of fused-ring (bicyclic) bond motifs is 1. The molecule has 2 aliphatic rings. The maximum Gasteiger partial charge on any atom is 0.203 e. The van der Waals surface area contributed by atoms with Crippen molar-refractivity contribution in [2.75, 3.05) is 27.3 Å². The number of ether oxygens (including phenoxy) is 2. The molecule has 0 N–H and O–H groups in total. The van der Waals surface area contributed by atoms with Crippen LogP contribution in [0.15, 0.2) is 46.2 Å². The zero-order chi connectivity index (χ0) is 23.1. The lowest BCUT2D eigenvalue weighted by molar-refractivity contribution is 0.0918. The van der Waals surface area contributed by atoms with Crippen molar-refractivity contribution in [3.63, 3.8) is 0 Å². The SMILES string of the molecule is COc1cc2c(cc1OC)S(=O)(=O)C(=CC1(F)CCN(Cc3ccc(F)cc3F)CC1)C2. The quantitative estimate of drug-likeness (QED) is 0.660. The van der Waals surface area contributed by atoms with Crippen LogP contribution in [0.5, 0.6) is 11.5 Å². The maximum absolute atomic E-state index is 15.6. The Kier molecular flexibility index (Phi) is 5.98. The van der Waals surface area contributed by atoms with Crippen LogP contribution in [0.4, 0.5) is 13.2 Å². The van der Waals surface area contributed by atoms with Crippen molar-refractivity contribution in [2.24, 2.45) is 0 Å². The molecular formula is C23H24F3NO4S. The normalized spacial score (nSPS) is 20.8. The standard InChI is InChI=1S/C23H24F3NO4S/c1-30-20-10-16-9-18(32(28,29)22(16)12-21(20)31-2)13-23(26)5-7-27(8-6-23)14-15-3-4-17(24)11-19(15)25/h3-4,10-13H,5-9,14H2,1-2H3. The van der Waals surface area contributed by atoms with E-state index in [0.29, 0.717) is 35.7 Å². The van der Waals surface area contributed by atoms with E-state index in [1.807, 2.05) is 4.90 Å². The number of allylic oxidation sites excluding steroid dienone is 2. The smallest absolute Gasteiger partial charge is 0.203 e. The van der Waals surface area contributed by atoms with Crippen molar-refractivity contribution in [2.45, 2.75) is 36.4 Å². The van der Waals surface area contributed by atoms with Gasteiger partial charge in [-0.15, -0.1) is 0 Å². The van der Waals surface area contributed by atoms with Gasteiger partial charge in [0.25, 0.3) is 0 Å². The minimum absolute atomic E-state index is 0.0309. The summed E-state index contributed by atoms with van der Waals surface area (Å²) >= 11 is 0. The number of piperidine rings is 1. The summed E-state index contributed by atoms with van der Waals surface area (Å²) in [7, 11) is -0.940. The number of methoxy groups -OCH3 is 2. The van der Waals surface area contributed by atoms with Crippen molar-refractivity contribution in [3.8, 4) is 11.5 Å². The predicted molar refractivity (Wildman–Crippen MR) is 113 cm³/mol. The van der Waals surface area contributed by atoms with E-state index in [2.05, 4.69) is 0 Å². The van der Waals surface area contributed by atoms with Gasteiger partial charge < -0.3 is 9.47 Å². The molecule has 2 heterocycles. The predicted octanol–water partition coefficient (Wildman–Crippen LogP) is 4.20. The fourth-order valence-electron chi connectivity index (χ4n) is 4.25. The highest BCUT2D eigenvalue weighted by molar-refractivity contribution is 7.95. The molecule has 9 heteroatoms. The van der Waals surface area contributed by atoms with Crippen LogP contribution in [0, 0.1) is 11.6 Å². The number of hydrogen-bond acceptors (Lipinski definition) is 5. The van der Waals surface area contributed by atoms with Crippen LogP contribution < -0.4 is 9.47 Å². The van der Waals surface area contributed by atoms with Crippen LogP contribution in [-0.2, 0) is 22.8 Å². The first-order chi connectivity index (χ1) is 15.1. The van der Waals surface area contributed by atoms with Gasteiger partial charge in [-0.05, 0) is 36.6 Å². The van der Waals surface area contributed by atoms with Gasteiger partial charge in [0.15, 0.2) is 11.5 Å². The summed E-state index contributed by atoms with van der Waals surface area (Å²) in [5, 5.41) is 0. The average molecular weight is 468 g/mol. The van der Waals surface area contributed by atoms with Crippen LogP contribution in [0.3, 0.4) is 0 Å². The van der Waals surface area contributed by atoms with E-state index in [0.717, 1.165) is 6.07 Å². The molecule has 0 bridgehead atoms. The first-order valence-electron chi connectivity index (χ1n) is 10.2. The molecule has 172 valence electrons. The molecule has 2 aliphatic heterocycles. The van der Waals surface area contributed by atoms with Gasteiger partial charge in [-0.1, -0.05) is 6.07 Å². The molecule has 1 fully saturated rings. The Hall–Kier alpha value is -2.52. The first-order valence-corrected chi connectivity index (χ1v) is 11.7. The molecule has 32 heavy (non-hydrogen) atoms. The second kappa shape index (κ2) is 8.44. The number of hydrogen-bond donors (Lipinski definition) is 0. The third-order valence-electron chi connectivity index (χ3n) is 6.08. The van der Waals surface area contributed by atoms with Gasteiger partial charge in [-0.25, -0.2) is 21.6 Å². The van der Waals surface area contributed by atoms with Crippen LogP contribution in [0.25, 0.3) is 0 Å². The van der Waals surface area contributed by atoms with Crippen molar-refractivity contribution < 1.29 is 31.1 Å². The van der Waals surface area contributed by atoms with Gasteiger partial charge >= 0.3 is 0 Å². The van der Waals surface area contributed by atoms with Gasteiger partial charge in [0, 0.05) is 43.8 Å². The molecule has 5 nitrogen and oxygen atoms in total. The van der Waals surface area contributed by atoms with Crippen molar-refractivity contribution in [1.29, 1.82) is 0 Å². The summed E-state index contributed by atoms with van der Waals surface area (Å²) in [6.07, 6.45) is 1.49. The number of rotatable bonds is 5. The summed E-state index contributed by atoms with van der Waals surface area (Å²) in [6, 6.07) is 6.43. The van der Waals surface area contributed by atoms with Crippen molar-refractivity contribution in [1.82, 2.24) is 4.90 Å². The summed E-state index contributed by atoms with van der Waals surface area (Å²) in [5.74, 6) is -0.565.